The Morgan fingerprint density at radius 2 is 1.95 bits per heavy atom. The number of tetrazole rings is 1. The standard InChI is InChI=1S/C14H19N5O2/c1-14(2,3)15-9-13-16-17-18-19(13)10-4-5-11-12(8-10)21-7-6-20-11/h4-5,8,15H,6-7,9H2,1-3H3. The van der Waals surface area contributed by atoms with Gasteiger partial charge in [-0.25, -0.2) is 0 Å². The SMILES string of the molecule is CC(C)(C)NCc1nnnn1-c1ccc2c(c1)OCCO2. The molecule has 0 radical (unpaired) electrons. The number of fused-ring (bicyclic) bond motifs is 1. The molecule has 1 N–H and O–H groups in total. The van der Waals surface area contributed by atoms with Crippen molar-refractivity contribution in [2.75, 3.05) is 13.2 Å². The molecule has 0 unspecified atom stereocenters. The molecule has 1 aromatic carbocycles. The predicted molar refractivity (Wildman–Crippen MR) is 76.7 cm³/mol. The summed E-state index contributed by atoms with van der Waals surface area (Å²) in [6.45, 7) is 8.04. The second-order valence-electron chi connectivity index (χ2n) is 5.94. The van der Waals surface area contributed by atoms with E-state index in [1.807, 2.05) is 18.2 Å². The minimum Gasteiger partial charge on any atom is -0.486 e. The molecule has 0 bridgehead atoms. The summed E-state index contributed by atoms with van der Waals surface area (Å²) in [5, 5.41) is 15.3. The molecule has 21 heavy (non-hydrogen) atoms. The molecule has 0 amide bonds. The zero-order valence-electron chi connectivity index (χ0n) is 12.5. The zero-order valence-corrected chi connectivity index (χ0v) is 12.5. The molecular formula is C14H19N5O2. The van der Waals surface area contributed by atoms with Gasteiger partial charge in [0.2, 0.25) is 0 Å². The highest BCUT2D eigenvalue weighted by atomic mass is 16.6. The predicted octanol–water partition coefficient (Wildman–Crippen LogP) is 1.32. The molecule has 0 saturated heterocycles. The van der Waals surface area contributed by atoms with Gasteiger partial charge in [-0.2, -0.15) is 4.68 Å². The number of hydrogen-bond donors (Lipinski definition) is 1. The average molecular weight is 289 g/mol. The molecule has 0 fully saturated rings. The van der Waals surface area contributed by atoms with E-state index in [0.29, 0.717) is 19.8 Å². The lowest BCUT2D eigenvalue weighted by atomic mass is 10.1. The third-order valence-corrected chi connectivity index (χ3v) is 3.08. The van der Waals surface area contributed by atoms with Crippen LogP contribution in [0.25, 0.3) is 5.69 Å². The van der Waals surface area contributed by atoms with E-state index in [0.717, 1.165) is 23.0 Å². The topological polar surface area (TPSA) is 74.1 Å². The fourth-order valence-corrected chi connectivity index (χ4v) is 2.02. The van der Waals surface area contributed by atoms with Crippen LogP contribution in [-0.4, -0.2) is 39.0 Å². The average Bonchev–Trinajstić information content (AvgIpc) is 2.92. The Morgan fingerprint density at radius 1 is 1.19 bits per heavy atom. The van der Waals surface area contributed by atoms with Crippen LogP contribution in [0.2, 0.25) is 0 Å². The monoisotopic (exact) mass is 289 g/mol. The lowest BCUT2D eigenvalue weighted by Gasteiger charge is -2.20. The van der Waals surface area contributed by atoms with E-state index in [9.17, 15) is 0 Å². The first-order valence-electron chi connectivity index (χ1n) is 6.95. The van der Waals surface area contributed by atoms with Gasteiger partial charge in [-0.15, -0.1) is 5.10 Å². The number of rotatable bonds is 3. The number of benzene rings is 1. The van der Waals surface area contributed by atoms with Gasteiger partial charge in [0.15, 0.2) is 17.3 Å². The van der Waals surface area contributed by atoms with Gasteiger partial charge >= 0.3 is 0 Å². The summed E-state index contributed by atoms with van der Waals surface area (Å²) in [7, 11) is 0. The maximum atomic E-state index is 5.59. The normalized spacial score (nSPS) is 14.2. The Kier molecular flexibility index (Phi) is 3.50. The molecule has 112 valence electrons. The van der Waals surface area contributed by atoms with Crippen LogP contribution in [-0.2, 0) is 6.54 Å². The zero-order chi connectivity index (χ0) is 14.9. The van der Waals surface area contributed by atoms with Crippen LogP contribution in [0.1, 0.15) is 26.6 Å². The van der Waals surface area contributed by atoms with Crippen LogP contribution < -0.4 is 14.8 Å². The maximum absolute atomic E-state index is 5.59. The maximum Gasteiger partial charge on any atom is 0.170 e. The quantitative estimate of drug-likeness (QED) is 0.918. The van der Waals surface area contributed by atoms with E-state index in [4.69, 9.17) is 9.47 Å². The van der Waals surface area contributed by atoms with Gasteiger partial charge in [0.1, 0.15) is 13.2 Å². The minimum absolute atomic E-state index is 0.00355. The highest BCUT2D eigenvalue weighted by Gasteiger charge is 2.16. The van der Waals surface area contributed by atoms with Crippen molar-refractivity contribution in [2.24, 2.45) is 0 Å². The number of aromatic nitrogens is 4. The van der Waals surface area contributed by atoms with Crippen molar-refractivity contribution in [2.45, 2.75) is 32.9 Å². The van der Waals surface area contributed by atoms with E-state index in [1.54, 1.807) is 4.68 Å². The van der Waals surface area contributed by atoms with Crippen LogP contribution in [0.5, 0.6) is 11.5 Å². The first kappa shape index (κ1) is 13.8. The molecule has 3 rings (SSSR count). The van der Waals surface area contributed by atoms with Crippen LogP contribution in [0, 0.1) is 0 Å². The van der Waals surface area contributed by atoms with Crippen molar-refractivity contribution in [1.82, 2.24) is 25.5 Å². The fourth-order valence-electron chi connectivity index (χ4n) is 2.02. The Labute approximate surface area is 123 Å². The summed E-state index contributed by atoms with van der Waals surface area (Å²) >= 11 is 0. The van der Waals surface area contributed by atoms with Crippen LogP contribution in [0.15, 0.2) is 18.2 Å². The second kappa shape index (κ2) is 5.33. The first-order chi connectivity index (χ1) is 10.0. The van der Waals surface area contributed by atoms with Crippen LogP contribution in [0.4, 0.5) is 0 Å². The molecule has 0 saturated carbocycles. The van der Waals surface area contributed by atoms with Crippen molar-refractivity contribution in [3.05, 3.63) is 24.0 Å². The van der Waals surface area contributed by atoms with Crippen molar-refractivity contribution in [3.8, 4) is 17.2 Å². The second-order valence-corrected chi connectivity index (χ2v) is 5.94. The van der Waals surface area contributed by atoms with E-state index in [-0.39, 0.29) is 5.54 Å². The molecule has 7 heteroatoms. The Bertz CT molecular complexity index is 633. The Hall–Kier alpha value is -2.15. The summed E-state index contributed by atoms with van der Waals surface area (Å²) in [6, 6.07) is 5.70. The van der Waals surface area contributed by atoms with Gasteiger partial charge in [-0.1, -0.05) is 0 Å². The van der Waals surface area contributed by atoms with Crippen molar-refractivity contribution in [3.63, 3.8) is 0 Å². The van der Waals surface area contributed by atoms with Gasteiger partial charge in [0, 0.05) is 11.6 Å². The number of ether oxygens (including phenoxy) is 2. The van der Waals surface area contributed by atoms with Gasteiger partial charge in [0.25, 0.3) is 0 Å². The molecule has 0 aliphatic carbocycles. The van der Waals surface area contributed by atoms with E-state index >= 15 is 0 Å². The lowest BCUT2D eigenvalue weighted by Crippen LogP contribution is -2.35. The highest BCUT2D eigenvalue weighted by molar-refractivity contribution is 5.49. The molecule has 2 heterocycles. The summed E-state index contributed by atoms with van der Waals surface area (Å²) in [5.41, 5.74) is 0.860. The van der Waals surface area contributed by atoms with Crippen LogP contribution >= 0.6 is 0 Å². The molecule has 2 aromatic rings. The van der Waals surface area contributed by atoms with Crippen molar-refractivity contribution in [1.29, 1.82) is 0 Å². The Morgan fingerprint density at radius 3 is 2.71 bits per heavy atom. The molecule has 7 nitrogen and oxygen atoms in total. The van der Waals surface area contributed by atoms with Gasteiger partial charge < -0.3 is 14.8 Å². The number of nitrogens with zero attached hydrogens (tertiary/aromatic N) is 4. The summed E-state index contributed by atoms with van der Waals surface area (Å²) in [5.74, 6) is 2.23. The van der Waals surface area contributed by atoms with E-state index in [1.165, 1.54) is 0 Å². The molecule has 0 spiro atoms. The minimum atomic E-state index is 0.00355. The molecule has 1 aliphatic heterocycles. The van der Waals surface area contributed by atoms with Crippen molar-refractivity contribution < 1.29 is 9.47 Å². The summed E-state index contributed by atoms with van der Waals surface area (Å²) in [6.07, 6.45) is 0. The molecular weight excluding hydrogens is 270 g/mol. The van der Waals surface area contributed by atoms with Gasteiger partial charge in [0.05, 0.1) is 12.2 Å². The third-order valence-electron chi connectivity index (χ3n) is 3.08. The van der Waals surface area contributed by atoms with Crippen molar-refractivity contribution >= 4 is 0 Å². The van der Waals surface area contributed by atoms with Gasteiger partial charge in [-0.05, 0) is 43.3 Å². The van der Waals surface area contributed by atoms with E-state index < -0.39 is 0 Å². The fraction of sp³-hybridized carbons (Fsp3) is 0.500. The number of nitrogens with one attached hydrogen (secondary N) is 1. The number of hydrogen-bond acceptors (Lipinski definition) is 6. The molecule has 1 aliphatic rings. The van der Waals surface area contributed by atoms with E-state index in [2.05, 4.69) is 41.6 Å². The Balaban J connectivity index is 1.86. The first-order valence-corrected chi connectivity index (χ1v) is 6.95. The molecule has 0 atom stereocenters. The van der Waals surface area contributed by atoms with Crippen LogP contribution in [0.3, 0.4) is 0 Å². The largest absolute Gasteiger partial charge is 0.486 e. The third kappa shape index (κ3) is 3.13. The molecule has 1 aromatic heterocycles. The van der Waals surface area contributed by atoms with Gasteiger partial charge in [-0.3, -0.25) is 0 Å². The lowest BCUT2D eigenvalue weighted by molar-refractivity contribution is 0.171. The summed E-state index contributed by atoms with van der Waals surface area (Å²) in [4.78, 5) is 0. The summed E-state index contributed by atoms with van der Waals surface area (Å²) < 4.78 is 12.8. The highest BCUT2D eigenvalue weighted by Crippen LogP contribution is 2.31. The smallest absolute Gasteiger partial charge is 0.170 e.